The number of hydrogen-bond acceptors (Lipinski definition) is 4. The standard InChI is InChI=1S/C15H15F12IO4/c1-8(7-31-6-4-29)9(30)32-5-2-3-10(16,17)11(18,19)12(20,21)13(22,23)14(24,25)15(26,27)28/h29H,1-7H2. The van der Waals surface area contributed by atoms with Crippen LogP contribution in [0.3, 0.4) is 0 Å². The molecule has 0 spiro atoms. The van der Waals surface area contributed by atoms with E-state index in [-0.39, 0.29) is 6.61 Å². The van der Waals surface area contributed by atoms with E-state index in [0.29, 0.717) is 0 Å². The van der Waals surface area contributed by atoms with Crippen LogP contribution in [-0.2, 0) is 14.3 Å². The Bertz CT molecular complexity index is 663. The van der Waals surface area contributed by atoms with Gasteiger partial charge in [0, 0.05) is 29.0 Å². The van der Waals surface area contributed by atoms with Crippen LogP contribution in [0.4, 0.5) is 52.7 Å². The van der Waals surface area contributed by atoms with Gasteiger partial charge in [0.2, 0.25) is 0 Å². The number of aliphatic hydroxyl groups is 1. The molecule has 0 heterocycles. The van der Waals surface area contributed by atoms with Crippen LogP contribution in [0.15, 0.2) is 12.2 Å². The molecular formula is C15H15F12IO4. The first-order valence-corrected chi connectivity index (χ1v) is 9.19. The Kier molecular flexibility index (Phi) is 10.2. The molecule has 0 fully saturated rings. The predicted octanol–water partition coefficient (Wildman–Crippen LogP) is 5.08. The van der Waals surface area contributed by atoms with E-state index in [1.807, 2.05) is 0 Å². The van der Waals surface area contributed by atoms with Crippen molar-refractivity contribution in [3.63, 3.8) is 0 Å². The minimum absolute atomic E-state index is 0.227. The highest BCUT2D eigenvalue weighted by Crippen LogP contribution is 2.61. The Morgan fingerprint density at radius 2 is 1.28 bits per heavy atom. The monoisotopic (exact) mass is 614 g/mol. The van der Waals surface area contributed by atoms with Gasteiger partial charge < -0.3 is 14.6 Å². The molecule has 0 saturated carbocycles. The molecule has 4 nitrogen and oxygen atoms in total. The number of alkyl halides is 13. The average molecular weight is 614 g/mol. The van der Waals surface area contributed by atoms with E-state index in [9.17, 15) is 57.5 Å². The summed E-state index contributed by atoms with van der Waals surface area (Å²) in [6.07, 6.45) is -3.72. The van der Waals surface area contributed by atoms with Crippen molar-refractivity contribution in [1.29, 1.82) is 0 Å². The van der Waals surface area contributed by atoms with E-state index in [1.54, 1.807) is 0 Å². The molecule has 190 valence electrons. The van der Waals surface area contributed by atoms with Gasteiger partial charge in [-0.15, -0.1) is 0 Å². The van der Waals surface area contributed by atoms with E-state index >= 15 is 0 Å². The van der Waals surface area contributed by atoms with Gasteiger partial charge in [-0.25, -0.2) is 4.79 Å². The molecule has 0 bridgehead atoms. The van der Waals surface area contributed by atoms with Gasteiger partial charge >= 0.3 is 39.5 Å². The van der Waals surface area contributed by atoms with Crippen LogP contribution in [0.2, 0.25) is 0 Å². The van der Waals surface area contributed by atoms with Crippen molar-refractivity contribution in [3.8, 4) is 0 Å². The number of aliphatic hydroxyl groups excluding tert-OH is 1. The number of ether oxygens (including phenoxy) is 2. The summed E-state index contributed by atoms with van der Waals surface area (Å²) in [5.74, 6) is -37.0. The first-order valence-electron chi connectivity index (χ1n) is 8.11. The van der Waals surface area contributed by atoms with Crippen molar-refractivity contribution in [2.45, 2.75) is 46.4 Å². The number of carbonyl (C=O) groups is 1. The second-order valence-electron chi connectivity index (χ2n) is 6.12. The lowest BCUT2D eigenvalue weighted by Crippen LogP contribution is -2.69. The lowest BCUT2D eigenvalue weighted by atomic mass is 9.92. The molecule has 0 saturated heterocycles. The fraction of sp³-hybridized carbons (Fsp3) is 0.800. The van der Waals surface area contributed by atoms with E-state index in [2.05, 4.69) is 16.1 Å². The smallest absolute Gasteiger partial charge is 0.387 e. The van der Waals surface area contributed by atoms with Crippen molar-refractivity contribution < 1.29 is 72.1 Å². The highest BCUT2D eigenvalue weighted by Gasteiger charge is 2.89. The highest BCUT2D eigenvalue weighted by molar-refractivity contribution is 14.1. The first kappa shape index (κ1) is 31.0. The second kappa shape index (κ2) is 10.5. The molecular weight excluding hydrogens is 599 g/mol. The van der Waals surface area contributed by atoms with Gasteiger partial charge in [-0.05, 0) is 6.42 Å². The number of esters is 1. The van der Waals surface area contributed by atoms with Crippen LogP contribution in [0.25, 0.3) is 0 Å². The number of hydrogen-bond donors (Lipinski definition) is 1. The second-order valence-corrected chi connectivity index (χ2v) is 7.47. The van der Waals surface area contributed by atoms with Crippen LogP contribution in [0.5, 0.6) is 0 Å². The van der Waals surface area contributed by atoms with Crippen molar-refractivity contribution >= 4 is 28.6 Å². The maximum absolute atomic E-state index is 13.6. The van der Waals surface area contributed by atoms with Crippen LogP contribution < -0.4 is 0 Å². The lowest BCUT2D eigenvalue weighted by molar-refractivity contribution is -0.414. The predicted molar refractivity (Wildman–Crippen MR) is 90.9 cm³/mol. The molecule has 0 unspecified atom stereocenters. The Hall–Kier alpha value is -0.980. The van der Waals surface area contributed by atoms with Gasteiger partial charge in [0.05, 0.1) is 32.0 Å². The van der Waals surface area contributed by atoms with E-state index in [4.69, 9.17) is 5.11 Å². The van der Waals surface area contributed by atoms with Crippen molar-refractivity contribution in [1.82, 2.24) is 0 Å². The number of halogens is 13. The fourth-order valence-corrected chi connectivity index (χ4v) is 2.18. The third-order valence-corrected chi connectivity index (χ3v) is 4.34. The molecule has 1 N–H and O–H groups in total. The molecule has 0 aromatic carbocycles. The molecule has 17 heteroatoms. The quantitative estimate of drug-likeness (QED) is 0.0742. The molecule has 0 aliphatic heterocycles. The normalized spacial score (nSPS) is 14.4. The van der Waals surface area contributed by atoms with Crippen LogP contribution >= 0.6 is 22.6 Å². The topological polar surface area (TPSA) is 55.8 Å². The third-order valence-electron chi connectivity index (χ3n) is 3.67. The molecule has 0 aromatic rings. The molecule has 0 aliphatic rings. The van der Waals surface area contributed by atoms with Gasteiger partial charge in [-0.2, -0.15) is 52.7 Å². The summed E-state index contributed by atoms with van der Waals surface area (Å²) in [4.78, 5) is 11.4. The van der Waals surface area contributed by atoms with Crippen LogP contribution in [-0.4, -0.2) is 71.0 Å². The zero-order valence-electron chi connectivity index (χ0n) is 15.5. The molecule has 0 rings (SSSR count). The Labute approximate surface area is 186 Å². The molecule has 0 amide bonds. The van der Waals surface area contributed by atoms with Gasteiger partial charge in [-0.3, -0.25) is 0 Å². The van der Waals surface area contributed by atoms with Gasteiger partial charge in [-0.1, -0.05) is 6.58 Å². The summed E-state index contributed by atoms with van der Waals surface area (Å²) in [6.45, 7) is 0.829. The van der Waals surface area contributed by atoms with Gasteiger partial charge in [0.1, 0.15) is 0 Å². The molecule has 0 atom stereocenters. The summed E-state index contributed by atoms with van der Waals surface area (Å²) in [6, 6.07) is 0. The molecule has 32 heavy (non-hydrogen) atoms. The third kappa shape index (κ3) is 6.12. The molecule has 0 aliphatic carbocycles. The Morgan fingerprint density at radius 3 is 1.72 bits per heavy atom. The number of rotatable bonds is 14. The summed E-state index contributed by atoms with van der Waals surface area (Å²) >= 11 is -0.723. The first-order chi connectivity index (χ1) is 14.1. The van der Waals surface area contributed by atoms with Crippen molar-refractivity contribution in [3.05, 3.63) is 12.2 Å². The maximum atomic E-state index is 13.6. The Balaban J connectivity index is 5.29. The number of carbonyl (C=O) groups excluding carboxylic acids is 1. The minimum Gasteiger partial charge on any atom is -0.462 e. The zero-order valence-corrected chi connectivity index (χ0v) is 17.7. The lowest BCUT2D eigenvalue weighted by Gasteiger charge is -2.40. The van der Waals surface area contributed by atoms with Crippen LogP contribution in [0, 0.1) is 0 Å². The average Bonchev–Trinajstić information content (AvgIpc) is 2.63. The zero-order chi connectivity index (χ0) is 25.8. The van der Waals surface area contributed by atoms with E-state index in [1.165, 1.54) is 0 Å². The SMILES string of the molecule is C=C(COCCO)C(=O)OCCCC(F)(F)C(F)(F)C(F)(F)C(F)(F)C(F)(F)C(F)(F)I. The van der Waals surface area contributed by atoms with E-state index < -0.39 is 100 Å². The van der Waals surface area contributed by atoms with E-state index in [0.717, 1.165) is 0 Å². The highest BCUT2D eigenvalue weighted by atomic mass is 127. The van der Waals surface area contributed by atoms with Crippen molar-refractivity contribution in [2.24, 2.45) is 0 Å². The summed E-state index contributed by atoms with van der Waals surface area (Å²) < 4.78 is 162. The van der Waals surface area contributed by atoms with Gasteiger partial charge in [0.15, 0.2) is 0 Å². The largest absolute Gasteiger partial charge is 0.462 e. The van der Waals surface area contributed by atoms with Gasteiger partial charge in [0.25, 0.3) is 0 Å². The minimum atomic E-state index is -7.61. The summed E-state index contributed by atoms with van der Waals surface area (Å²) in [7, 11) is 0. The molecule has 0 aromatic heterocycles. The fourth-order valence-electron chi connectivity index (χ4n) is 1.84. The summed E-state index contributed by atoms with van der Waals surface area (Å²) in [5, 5.41) is 8.44. The van der Waals surface area contributed by atoms with Crippen molar-refractivity contribution in [2.75, 3.05) is 26.4 Å². The Morgan fingerprint density at radius 1 is 0.812 bits per heavy atom. The van der Waals surface area contributed by atoms with Crippen LogP contribution in [0.1, 0.15) is 12.8 Å². The molecule has 0 radical (unpaired) electrons. The maximum Gasteiger partial charge on any atom is 0.387 e. The summed E-state index contributed by atoms with van der Waals surface area (Å²) in [5.41, 5.74) is -0.427.